The Bertz CT molecular complexity index is 469. The molecule has 4 heteroatoms. The number of aromatic nitrogens is 2. The van der Waals surface area contributed by atoms with Gasteiger partial charge in [0.05, 0.1) is 5.69 Å². The minimum atomic E-state index is -0.330. The quantitative estimate of drug-likeness (QED) is 0.838. The summed E-state index contributed by atoms with van der Waals surface area (Å²) in [5.74, 6) is 0.889. The molecule has 0 unspecified atom stereocenters. The first-order valence-electron chi connectivity index (χ1n) is 8.44. The Balaban J connectivity index is 2.50. The first-order valence-corrected chi connectivity index (χ1v) is 8.44. The van der Waals surface area contributed by atoms with Crippen LogP contribution in [0.3, 0.4) is 0 Å². The summed E-state index contributed by atoms with van der Waals surface area (Å²) in [5, 5.41) is 3.43. The molecule has 4 nitrogen and oxygen atoms in total. The summed E-state index contributed by atoms with van der Waals surface area (Å²) in [6.45, 7) is 11.2. The van der Waals surface area contributed by atoms with Gasteiger partial charge in [-0.15, -0.1) is 0 Å². The Kier molecular flexibility index (Phi) is 5.71. The molecule has 21 heavy (non-hydrogen) atoms. The number of hydrogen-bond donors (Lipinski definition) is 1. The van der Waals surface area contributed by atoms with E-state index in [1.54, 1.807) is 0 Å². The lowest BCUT2D eigenvalue weighted by Gasteiger charge is -2.32. The van der Waals surface area contributed by atoms with Crippen LogP contribution in [0.2, 0.25) is 0 Å². The third-order valence-electron chi connectivity index (χ3n) is 4.48. The molecule has 0 bridgehead atoms. The van der Waals surface area contributed by atoms with E-state index in [4.69, 9.17) is 14.7 Å². The van der Waals surface area contributed by atoms with Crippen LogP contribution < -0.4 is 5.32 Å². The lowest BCUT2D eigenvalue weighted by molar-refractivity contribution is -0.0575. The van der Waals surface area contributed by atoms with E-state index in [2.05, 4.69) is 26.1 Å². The van der Waals surface area contributed by atoms with Gasteiger partial charge in [0.15, 0.2) is 5.82 Å². The minimum absolute atomic E-state index is 0.330. The first kappa shape index (κ1) is 16.4. The van der Waals surface area contributed by atoms with Gasteiger partial charge in [0.1, 0.15) is 5.60 Å². The molecular weight excluding hydrogens is 262 g/mol. The van der Waals surface area contributed by atoms with E-state index in [0.29, 0.717) is 6.61 Å². The average molecular weight is 291 g/mol. The lowest BCUT2D eigenvalue weighted by atomic mass is 9.94. The summed E-state index contributed by atoms with van der Waals surface area (Å²) >= 11 is 0. The second kappa shape index (κ2) is 7.32. The first-order chi connectivity index (χ1) is 10.2. The summed E-state index contributed by atoms with van der Waals surface area (Å²) in [4.78, 5) is 9.84. The van der Waals surface area contributed by atoms with Crippen LogP contribution in [0.1, 0.15) is 69.7 Å². The number of ether oxygens (including phenoxy) is 1. The smallest absolute Gasteiger partial charge is 0.160 e. The molecule has 1 aliphatic heterocycles. The lowest BCUT2D eigenvalue weighted by Crippen LogP contribution is -2.34. The highest BCUT2D eigenvalue weighted by Crippen LogP contribution is 2.32. The number of rotatable bonds is 7. The molecule has 0 saturated carbocycles. The summed E-state index contributed by atoms with van der Waals surface area (Å²) in [6.07, 6.45) is 5.03. The van der Waals surface area contributed by atoms with Crippen molar-refractivity contribution in [1.29, 1.82) is 0 Å². The molecule has 0 saturated heterocycles. The molecule has 1 N–H and O–H groups in total. The van der Waals surface area contributed by atoms with Crippen molar-refractivity contribution in [2.45, 2.75) is 71.9 Å². The second-order valence-electron chi connectivity index (χ2n) is 5.73. The maximum Gasteiger partial charge on any atom is 0.160 e. The van der Waals surface area contributed by atoms with Crippen LogP contribution in [0, 0.1) is 0 Å². The Hall–Kier alpha value is -1.00. The van der Waals surface area contributed by atoms with Crippen molar-refractivity contribution in [3.05, 3.63) is 22.8 Å². The van der Waals surface area contributed by atoms with Crippen molar-refractivity contribution in [3.63, 3.8) is 0 Å². The van der Waals surface area contributed by atoms with Gasteiger partial charge >= 0.3 is 0 Å². The van der Waals surface area contributed by atoms with E-state index in [1.807, 2.05) is 6.92 Å². The molecule has 0 aliphatic carbocycles. The summed E-state index contributed by atoms with van der Waals surface area (Å²) in [7, 11) is 0. The highest BCUT2D eigenvalue weighted by atomic mass is 16.5. The number of fused-ring (bicyclic) bond motifs is 1. The molecule has 1 aromatic heterocycles. The van der Waals surface area contributed by atoms with E-state index in [-0.39, 0.29) is 5.60 Å². The van der Waals surface area contributed by atoms with Crippen molar-refractivity contribution in [1.82, 2.24) is 15.3 Å². The van der Waals surface area contributed by atoms with Crippen LogP contribution in [0.5, 0.6) is 0 Å². The fraction of sp³-hybridized carbons (Fsp3) is 0.765. The standard InChI is InChI=1S/C17H29N3O/c1-5-9-14-13-10-11-18-12-15(13)20-16(19-14)17(6-2,7-3)21-8-4/h18H,5-12H2,1-4H3. The molecule has 118 valence electrons. The summed E-state index contributed by atoms with van der Waals surface area (Å²) in [6, 6.07) is 0. The van der Waals surface area contributed by atoms with Crippen molar-refractivity contribution in [2.75, 3.05) is 13.2 Å². The van der Waals surface area contributed by atoms with Gasteiger partial charge in [-0.2, -0.15) is 0 Å². The van der Waals surface area contributed by atoms with Crippen LogP contribution in [0.25, 0.3) is 0 Å². The largest absolute Gasteiger partial charge is 0.367 e. The molecule has 1 aliphatic rings. The van der Waals surface area contributed by atoms with Gasteiger partial charge in [-0.1, -0.05) is 27.2 Å². The van der Waals surface area contributed by atoms with E-state index >= 15 is 0 Å². The Morgan fingerprint density at radius 2 is 1.90 bits per heavy atom. The maximum atomic E-state index is 6.09. The number of nitrogens with one attached hydrogen (secondary N) is 1. The zero-order valence-electron chi connectivity index (χ0n) is 14.0. The number of aryl methyl sites for hydroxylation is 1. The second-order valence-corrected chi connectivity index (χ2v) is 5.73. The number of nitrogens with zero attached hydrogens (tertiary/aromatic N) is 2. The zero-order valence-corrected chi connectivity index (χ0v) is 14.0. The Morgan fingerprint density at radius 3 is 2.52 bits per heavy atom. The van der Waals surface area contributed by atoms with Crippen LogP contribution in [0.4, 0.5) is 0 Å². The predicted octanol–water partition coefficient (Wildman–Crippen LogP) is 3.13. The molecule has 2 heterocycles. The Morgan fingerprint density at radius 1 is 1.14 bits per heavy atom. The average Bonchev–Trinajstić information content (AvgIpc) is 2.53. The number of hydrogen-bond acceptors (Lipinski definition) is 4. The van der Waals surface area contributed by atoms with Gasteiger partial charge in [-0.25, -0.2) is 9.97 Å². The van der Waals surface area contributed by atoms with E-state index in [0.717, 1.165) is 51.0 Å². The minimum Gasteiger partial charge on any atom is -0.367 e. The van der Waals surface area contributed by atoms with E-state index in [1.165, 1.54) is 17.0 Å². The monoisotopic (exact) mass is 291 g/mol. The van der Waals surface area contributed by atoms with E-state index < -0.39 is 0 Å². The molecule has 0 spiro atoms. The normalized spacial score (nSPS) is 15.0. The molecule has 0 amide bonds. The van der Waals surface area contributed by atoms with Gasteiger partial charge in [0.25, 0.3) is 0 Å². The summed E-state index contributed by atoms with van der Waals surface area (Å²) in [5.41, 5.74) is 3.46. The fourth-order valence-corrected chi connectivity index (χ4v) is 3.20. The molecule has 0 radical (unpaired) electrons. The zero-order chi connectivity index (χ0) is 15.3. The van der Waals surface area contributed by atoms with Crippen LogP contribution in [0.15, 0.2) is 0 Å². The van der Waals surface area contributed by atoms with Crippen LogP contribution in [-0.4, -0.2) is 23.1 Å². The molecule has 0 fully saturated rings. The van der Waals surface area contributed by atoms with Gasteiger partial charge in [0.2, 0.25) is 0 Å². The van der Waals surface area contributed by atoms with Crippen LogP contribution >= 0.6 is 0 Å². The Labute approximate surface area is 128 Å². The third kappa shape index (κ3) is 3.27. The molecule has 2 rings (SSSR count). The maximum absolute atomic E-state index is 6.09. The van der Waals surface area contributed by atoms with Crippen molar-refractivity contribution in [3.8, 4) is 0 Å². The predicted molar refractivity (Wildman–Crippen MR) is 85.3 cm³/mol. The van der Waals surface area contributed by atoms with E-state index in [9.17, 15) is 0 Å². The fourth-order valence-electron chi connectivity index (χ4n) is 3.20. The highest BCUT2D eigenvalue weighted by molar-refractivity contribution is 5.30. The molecule has 0 aromatic carbocycles. The van der Waals surface area contributed by atoms with Gasteiger partial charge in [-0.3, -0.25) is 0 Å². The van der Waals surface area contributed by atoms with Crippen LogP contribution in [-0.2, 0) is 29.7 Å². The molecular formula is C17H29N3O. The highest BCUT2D eigenvalue weighted by Gasteiger charge is 2.34. The third-order valence-corrected chi connectivity index (χ3v) is 4.48. The van der Waals surface area contributed by atoms with Crippen molar-refractivity contribution < 1.29 is 4.74 Å². The van der Waals surface area contributed by atoms with Gasteiger partial charge in [0, 0.05) is 18.8 Å². The SMILES string of the molecule is CCCc1nc(C(CC)(CC)OCC)nc2c1CCNC2. The molecule has 1 aromatic rings. The van der Waals surface area contributed by atoms with Gasteiger partial charge in [-0.05, 0) is 44.7 Å². The van der Waals surface area contributed by atoms with Gasteiger partial charge < -0.3 is 10.1 Å². The molecule has 0 atom stereocenters. The van der Waals surface area contributed by atoms with Crippen molar-refractivity contribution >= 4 is 0 Å². The topological polar surface area (TPSA) is 47.0 Å². The summed E-state index contributed by atoms with van der Waals surface area (Å²) < 4.78 is 6.09. The van der Waals surface area contributed by atoms with Crippen molar-refractivity contribution in [2.24, 2.45) is 0 Å².